The monoisotopic (exact) mass is 331 g/mol. The molecule has 3 N–H and O–H groups in total. The zero-order valence-electron chi connectivity index (χ0n) is 10.7. The lowest BCUT2D eigenvalue weighted by atomic mass is 9.98. The van der Waals surface area contributed by atoms with Crippen LogP contribution in [0.5, 0.6) is 0 Å². The van der Waals surface area contributed by atoms with E-state index < -0.39 is 0 Å². The molecule has 0 spiro atoms. The number of hydrogen-bond donors (Lipinski definition) is 2. The van der Waals surface area contributed by atoms with Gasteiger partial charge in [0.25, 0.3) is 0 Å². The van der Waals surface area contributed by atoms with Gasteiger partial charge in [0.1, 0.15) is 0 Å². The van der Waals surface area contributed by atoms with Crippen molar-refractivity contribution in [3.05, 3.63) is 28.2 Å². The number of nitrogens with one attached hydrogen (secondary N) is 1. The molecule has 0 bridgehead atoms. The lowest BCUT2D eigenvalue weighted by molar-refractivity contribution is -0.122. The van der Waals surface area contributed by atoms with E-state index >= 15 is 0 Å². The zero-order chi connectivity index (χ0) is 14.7. The normalized spacial score (nSPS) is 18.7. The van der Waals surface area contributed by atoms with Gasteiger partial charge in [-0.2, -0.15) is 0 Å². The third kappa shape index (κ3) is 3.75. The van der Waals surface area contributed by atoms with Crippen LogP contribution in [0.15, 0.2) is 18.2 Å². The van der Waals surface area contributed by atoms with Crippen LogP contribution in [0.3, 0.4) is 0 Å². The van der Waals surface area contributed by atoms with E-state index in [0.717, 1.165) is 19.4 Å². The predicted molar refractivity (Wildman–Crippen MR) is 86.2 cm³/mol. The Morgan fingerprint density at radius 1 is 1.45 bits per heavy atom. The number of primary amides is 1. The van der Waals surface area contributed by atoms with Crippen LogP contribution in [0.25, 0.3) is 0 Å². The number of rotatable bonds is 2. The van der Waals surface area contributed by atoms with Crippen LogP contribution < -0.4 is 11.1 Å². The Hall–Kier alpha value is -1.04. The van der Waals surface area contributed by atoms with Gasteiger partial charge in [-0.15, -0.1) is 0 Å². The van der Waals surface area contributed by atoms with Gasteiger partial charge in [-0.1, -0.05) is 23.2 Å². The molecule has 108 valence electrons. The number of hydrogen-bond acceptors (Lipinski definition) is 2. The predicted octanol–water partition coefficient (Wildman–Crippen LogP) is 2.89. The molecule has 1 aromatic carbocycles. The summed E-state index contributed by atoms with van der Waals surface area (Å²) in [4.78, 5) is 13.2. The molecule has 0 radical (unpaired) electrons. The number of anilines is 1. The maximum Gasteiger partial charge on any atom is 0.222 e. The number of piperidine rings is 1. The summed E-state index contributed by atoms with van der Waals surface area (Å²) in [7, 11) is 0. The smallest absolute Gasteiger partial charge is 0.222 e. The number of carbonyl (C=O) groups excluding carboxylic acids is 1. The summed E-state index contributed by atoms with van der Waals surface area (Å²) in [5, 5.41) is 4.69. The van der Waals surface area contributed by atoms with E-state index in [-0.39, 0.29) is 11.8 Å². The quantitative estimate of drug-likeness (QED) is 0.818. The molecule has 0 saturated carbocycles. The Morgan fingerprint density at radius 2 is 2.20 bits per heavy atom. The van der Waals surface area contributed by atoms with Crippen molar-refractivity contribution < 1.29 is 4.79 Å². The molecule has 1 unspecified atom stereocenters. The average molecular weight is 332 g/mol. The van der Waals surface area contributed by atoms with Crippen LogP contribution in [0.2, 0.25) is 10.0 Å². The van der Waals surface area contributed by atoms with Gasteiger partial charge in [-0.25, -0.2) is 0 Å². The molecule has 2 rings (SSSR count). The number of thiocarbonyl (C=S) groups is 1. The lowest BCUT2D eigenvalue weighted by Crippen LogP contribution is -2.45. The largest absolute Gasteiger partial charge is 0.369 e. The Bertz CT molecular complexity index is 538. The molecular weight excluding hydrogens is 317 g/mol. The van der Waals surface area contributed by atoms with Crippen LogP contribution in [-0.4, -0.2) is 29.0 Å². The fourth-order valence-electron chi connectivity index (χ4n) is 2.18. The van der Waals surface area contributed by atoms with Gasteiger partial charge in [-0.05, 0) is 43.3 Å². The number of nitrogens with zero attached hydrogens (tertiary/aromatic N) is 1. The van der Waals surface area contributed by atoms with Crippen molar-refractivity contribution in [1.29, 1.82) is 0 Å². The topological polar surface area (TPSA) is 58.4 Å². The van der Waals surface area contributed by atoms with Crippen molar-refractivity contribution >= 4 is 52.1 Å². The number of amides is 1. The molecule has 1 atom stereocenters. The Labute approximate surface area is 133 Å². The van der Waals surface area contributed by atoms with Crippen LogP contribution in [0.1, 0.15) is 12.8 Å². The second kappa shape index (κ2) is 6.61. The highest BCUT2D eigenvalue weighted by Crippen LogP contribution is 2.26. The molecular formula is C13H15Cl2N3OS. The van der Waals surface area contributed by atoms with Crippen molar-refractivity contribution in [3.63, 3.8) is 0 Å². The molecule has 1 fully saturated rings. The molecule has 7 heteroatoms. The summed E-state index contributed by atoms with van der Waals surface area (Å²) in [5.74, 6) is -0.425. The summed E-state index contributed by atoms with van der Waals surface area (Å²) in [6.45, 7) is 1.35. The highest BCUT2D eigenvalue weighted by Gasteiger charge is 2.25. The fourth-order valence-corrected chi connectivity index (χ4v) is 2.91. The van der Waals surface area contributed by atoms with Crippen molar-refractivity contribution in [2.45, 2.75) is 12.8 Å². The van der Waals surface area contributed by atoms with Gasteiger partial charge in [0, 0.05) is 18.1 Å². The lowest BCUT2D eigenvalue weighted by Gasteiger charge is -2.33. The van der Waals surface area contributed by atoms with E-state index in [1.807, 2.05) is 4.90 Å². The first-order chi connectivity index (χ1) is 9.47. The maximum absolute atomic E-state index is 11.3. The number of likely N-dealkylation sites (tertiary alicyclic amines) is 1. The summed E-state index contributed by atoms with van der Waals surface area (Å²) in [5.41, 5.74) is 6.05. The molecule has 4 nitrogen and oxygen atoms in total. The van der Waals surface area contributed by atoms with Crippen molar-refractivity contribution in [3.8, 4) is 0 Å². The molecule has 0 aromatic heterocycles. The van der Waals surface area contributed by atoms with Crippen molar-refractivity contribution in [2.24, 2.45) is 11.7 Å². The Kier molecular flexibility index (Phi) is 5.07. The second-order valence-corrected chi connectivity index (χ2v) is 5.97. The molecule has 0 aliphatic carbocycles. The third-order valence-electron chi connectivity index (χ3n) is 3.28. The average Bonchev–Trinajstić information content (AvgIpc) is 2.42. The van der Waals surface area contributed by atoms with Gasteiger partial charge in [0.05, 0.1) is 16.6 Å². The highest BCUT2D eigenvalue weighted by atomic mass is 35.5. The van der Waals surface area contributed by atoms with E-state index in [9.17, 15) is 4.79 Å². The van der Waals surface area contributed by atoms with Crippen LogP contribution in [0.4, 0.5) is 5.69 Å². The summed E-state index contributed by atoms with van der Waals surface area (Å²) in [6.07, 6.45) is 1.71. The highest BCUT2D eigenvalue weighted by molar-refractivity contribution is 7.80. The molecule has 1 aromatic rings. The minimum Gasteiger partial charge on any atom is -0.369 e. The summed E-state index contributed by atoms with van der Waals surface area (Å²) < 4.78 is 0. The minimum atomic E-state index is -0.276. The fraction of sp³-hybridized carbons (Fsp3) is 0.385. The third-order valence-corrected chi connectivity index (χ3v) is 4.19. The number of carbonyl (C=O) groups is 1. The molecule has 1 saturated heterocycles. The molecule has 1 amide bonds. The van der Waals surface area contributed by atoms with Gasteiger partial charge < -0.3 is 16.0 Å². The van der Waals surface area contributed by atoms with Gasteiger partial charge in [-0.3, -0.25) is 4.79 Å². The molecule has 1 aliphatic heterocycles. The first-order valence-electron chi connectivity index (χ1n) is 6.27. The molecule has 1 aliphatic rings. The van der Waals surface area contributed by atoms with Crippen LogP contribution in [0, 0.1) is 5.92 Å². The van der Waals surface area contributed by atoms with E-state index in [1.54, 1.807) is 18.2 Å². The number of benzene rings is 1. The van der Waals surface area contributed by atoms with Crippen molar-refractivity contribution in [2.75, 3.05) is 18.4 Å². The second-order valence-electron chi connectivity index (χ2n) is 4.74. The summed E-state index contributed by atoms with van der Waals surface area (Å²) >= 11 is 17.3. The van der Waals surface area contributed by atoms with E-state index in [2.05, 4.69) is 5.32 Å². The van der Waals surface area contributed by atoms with E-state index in [4.69, 9.17) is 41.2 Å². The summed E-state index contributed by atoms with van der Waals surface area (Å²) in [6, 6.07) is 5.16. The van der Waals surface area contributed by atoms with E-state index in [1.165, 1.54) is 0 Å². The molecule has 20 heavy (non-hydrogen) atoms. The SMILES string of the molecule is NC(=O)C1CCCN(C(=S)Nc2ccc(Cl)cc2Cl)C1. The Balaban J connectivity index is 2.02. The van der Waals surface area contributed by atoms with Gasteiger partial charge >= 0.3 is 0 Å². The number of nitrogens with two attached hydrogens (primary N) is 1. The van der Waals surface area contributed by atoms with Gasteiger partial charge in [0.15, 0.2) is 5.11 Å². The van der Waals surface area contributed by atoms with Crippen LogP contribution in [-0.2, 0) is 4.79 Å². The standard InChI is InChI=1S/C13H15Cl2N3OS/c14-9-3-4-11(10(15)6-9)17-13(20)18-5-1-2-8(7-18)12(16)19/h3-4,6,8H,1-2,5,7H2,(H2,16,19)(H,17,20). The molecule has 1 heterocycles. The first kappa shape index (κ1) is 15.4. The number of halogens is 2. The first-order valence-corrected chi connectivity index (χ1v) is 7.44. The Morgan fingerprint density at radius 3 is 2.85 bits per heavy atom. The van der Waals surface area contributed by atoms with Crippen molar-refractivity contribution in [1.82, 2.24) is 4.90 Å². The van der Waals surface area contributed by atoms with Gasteiger partial charge in [0.2, 0.25) is 5.91 Å². The van der Waals surface area contributed by atoms with E-state index in [0.29, 0.717) is 27.4 Å². The van der Waals surface area contributed by atoms with Crippen LogP contribution >= 0.6 is 35.4 Å². The minimum absolute atomic E-state index is 0.149. The maximum atomic E-state index is 11.3. The zero-order valence-corrected chi connectivity index (χ0v) is 13.1.